The number of aryl methyl sites for hydroxylation is 1. The van der Waals surface area contributed by atoms with Gasteiger partial charge in [-0.15, -0.1) is 0 Å². The van der Waals surface area contributed by atoms with E-state index in [0.717, 1.165) is 11.5 Å². The molecule has 0 bridgehead atoms. The van der Waals surface area contributed by atoms with E-state index in [9.17, 15) is 4.79 Å². The molecular weight excluding hydrogens is 396 g/mol. The molecular formula is C20H25ClN4O4. The molecule has 3 heterocycles. The Morgan fingerprint density at radius 2 is 2.07 bits per heavy atom. The van der Waals surface area contributed by atoms with Gasteiger partial charge in [0.15, 0.2) is 0 Å². The molecule has 0 aliphatic carbocycles. The van der Waals surface area contributed by atoms with Crippen LogP contribution in [0.2, 0.25) is 5.15 Å². The van der Waals surface area contributed by atoms with E-state index in [1.54, 1.807) is 17.0 Å². The first-order valence-corrected chi connectivity index (χ1v) is 9.84. The van der Waals surface area contributed by atoms with Gasteiger partial charge >= 0.3 is 0 Å². The predicted molar refractivity (Wildman–Crippen MR) is 108 cm³/mol. The van der Waals surface area contributed by atoms with Gasteiger partial charge in [-0.25, -0.2) is 9.97 Å². The minimum Gasteiger partial charge on any atom is -0.481 e. The van der Waals surface area contributed by atoms with Crippen LogP contribution in [0, 0.1) is 6.92 Å². The van der Waals surface area contributed by atoms with Crippen molar-refractivity contribution >= 4 is 17.5 Å². The number of aromatic nitrogens is 3. The Balaban J connectivity index is 1.64. The molecule has 3 rings (SSSR count). The molecule has 9 heteroatoms. The Kier molecular flexibility index (Phi) is 6.87. The summed E-state index contributed by atoms with van der Waals surface area (Å²) in [5, 5.41) is 0.209. The molecule has 0 N–H and O–H groups in total. The number of rotatable bonds is 6. The molecule has 1 unspecified atom stereocenters. The van der Waals surface area contributed by atoms with Crippen molar-refractivity contribution in [3.8, 4) is 11.8 Å². The molecule has 1 fully saturated rings. The second-order valence-corrected chi connectivity index (χ2v) is 7.52. The molecule has 1 aliphatic rings. The molecule has 0 radical (unpaired) electrons. The number of carbonyl (C=O) groups is 1. The number of amides is 1. The van der Waals surface area contributed by atoms with Crippen molar-refractivity contribution in [2.45, 2.75) is 32.8 Å². The van der Waals surface area contributed by atoms with E-state index in [1.165, 1.54) is 13.2 Å². The molecule has 1 atom stereocenters. The van der Waals surface area contributed by atoms with Crippen molar-refractivity contribution in [2.75, 3.05) is 33.4 Å². The van der Waals surface area contributed by atoms with Gasteiger partial charge in [0.2, 0.25) is 11.8 Å². The summed E-state index contributed by atoms with van der Waals surface area (Å²) in [6, 6.07) is 4.90. The average molecular weight is 421 g/mol. The Hall–Kier alpha value is -2.45. The van der Waals surface area contributed by atoms with Crippen LogP contribution in [0.5, 0.6) is 11.8 Å². The quantitative estimate of drug-likeness (QED) is 0.664. The van der Waals surface area contributed by atoms with E-state index in [1.807, 2.05) is 20.8 Å². The smallest absolute Gasteiger partial charge is 0.254 e. The second-order valence-electron chi connectivity index (χ2n) is 7.14. The van der Waals surface area contributed by atoms with Crippen molar-refractivity contribution < 1.29 is 19.0 Å². The minimum absolute atomic E-state index is 0.152. The summed E-state index contributed by atoms with van der Waals surface area (Å²) in [6.07, 6.45) is -0.260. The summed E-state index contributed by atoms with van der Waals surface area (Å²) in [6.45, 7) is 7.59. The van der Waals surface area contributed by atoms with Gasteiger partial charge in [0, 0.05) is 35.9 Å². The summed E-state index contributed by atoms with van der Waals surface area (Å²) in [5.74, 6) is 1.61. The fraction of sp³-hybridized carbons (Fsp3) is 0.500. The largest absolute Gasteiger partial charge is 0.481 e. The average Bonchev–Trinajstić information content (AvgIpc) is 2.71. The van der Waals surface area contributed by atoms with Crippen molar-refractivity contribution in [2.24, 2.45) is 0 Å². The van der Waals surface area contributed by atoms with Crippen molar-refractivity contribution in [1.29, 1.82) is 0 Å². The third kappa shape index (κ3) is 5.55. The first kappa shape index (κ1) is 21.3. The van der Waals surface area contributed by atoms with Gasteiger partial charge in [-0.05, 0) is 13.0 Å². The highest BCUT2D eigenvalue weighted by atomic mass is 35.5. The zero-order valence-corrected chi connectivity index (χ0v) is 17.8. The highest BCUT2D eigenvalue weighted by molar-refractivity contribution is 6.29. The lowest BCUT2D eigenvalue weighted by atomic mass is 10.2. The fourth-order valence-electron chi connectivity index (χ4n) is 2.96. The number of ether oxygens (including phenoxy) is 3. The van der Waals surface area contributed by atoms with Crippen molar-refractivity contribution in [3.05, 3.63) is 40.4 Å². The Bertz CT molecular complexity index is 878. The Labute approximate surface area is 175 Å². The topological polar surface area (TPSA) is 86.7 Å². The zero-order chi connectivity index (χ0) is 21.0. The van der Waals surface area contributed by atoms with Crippen LogP contribution in [0.15, 0.2) is 18.2 Å². The minimum atomic E-state index is -0.260. The molecule has 1 saturated heterocycles. The lowest BCUT2D eigenvalue weighted by molar-refractivity contribution is -0.0407. The van der Waals surface area contributed by atoms with Gasteiger partial charge < -0.3 is 19.1 Å². The van der Waals surface area contributed by atoms with E-state index in [2.05, 4.69) is 15.0 Å². The summed E-state index contributed by atoms with van der Waals surface area (Å²) in [5.41, 5.74) is 1.28. The van der Waals surface area contributed by atoms with Crippen LogP contribution in [-0.4, -0.2) is 65.3 Å². The lowest BCUT2D eigenvalue weighted by Gasteiger charge is -2.32. The molecule has 0 aromatic carbocycles. The molecule has 0 spiro atoms. The molecule has 8 nitrogen and oxygen atoms in total. The monoisotopic (exact) mass is 420 g/mol. The number of pyridine rings is 1. The molecule has 29 heavy (non-hydrogen) atoms. The van der Waals surface area contributed by atoms with E-state index in [4.69, 9.17) is 25.8 Å². The van der Waals surface area contributed by atoms with E-state index in [0.29, 0.717) is 37.0 Å². The van der Waals surface area contributed by atoms with Crippen LogP contribution in [0.3, 0.4) is 0 Å². The standard InChI is InChI=1S/C20H25ClN4O4/c1-12(2)19-22-13(3)7-18(24-19)29-11-15-10-25(5-6-28-15)20(26)14-8-16(21)23-17(9-14)27-4/h7-9,12,15H,5-6,10-11H2,1-4H3. The number of carbonyl (C=O) groups excluding carboxylic acids is 1. The number of morpholine rings is 1. The zero-order valence-electron chi connectivity index (χ0n) is 17.0. The maximum Gasteiger partial charge on any atom is 0.254 e. The maximum absolute atomic E-state index is 12.9. The van der Waals surface area contributed by atoms with Crippen LogP contribution in [0.4, 0.5) is 0 Å². The van der Waals surface area contributed by atoms with Gasteiger partial charge in [0.25, 0.3) is 5.91 Å². The van der Waals surface area contributed by atoms with Gasteiger partial charge in [-0.2, -0.15) is 4.98 Å². The van der Waals surface area contributed by atoms with Crippen molar-refractivity contribution in [1.82, 2.24) is 19.9 Å². The third-order valence-corrected chi connectivity index (χ3v) is 4.63. The van der Waals surface area contributed by atoms with Crippen molar-refractivity contribution in [3.63, 3.8) is 0 Å². The summed E-state index contributed by atoms with van der Waals surface area (Å²) < 4.78 is 16.7. The Morgan fingerprint density at radius 1 is 1.28 bits per heavy atom. The summed E-state index contributed by atoms with van der Waals surface area (Å²) >= 11 is 5.99. The van der Waals surface area contributed by atoms with Gasteiger partial charge in [-0.1, -0.05) is 25.4 Å². The first-order valence-electron chi connectivity index (χ1n) is 9.46. The van der Waals surface area contributed by atoms with Gasteiger partial charge in [-0.3, -0.25) is 4.79 Å². The highest BCUT2D eigenvalue weighted by Gasteiger charge is 2.26. The predicted octanol–water partition coefficient (Wildman–Crippen LogP) is 2.89. The lowest BCUT2D eigenvalue weighted by Crippen LogP contribution is -2.47. The molecule has 1 amide bonds. The molecule has 2 aromatic rings. The second kappa shape index (κ2) is 9.37. The van der Waals surface area contributed by atoms with E-state index < -0.39 is 0 Å². The molecule has 156 valence electrons. The number of hydrogen-bond acceptors (Lipinski definition) is 7. The molecule has 1 aliphatic heterocycles. The number of methoxy groups -OCH3 is 1. The summed E-state index contributed by atoms with van der Waals surface area (Å²) in [7, 11) is 1.48. The van der Waals surface area contributed by atoms with Crippen LogP contribution >= 0.6 is 11.6 Å². The van der Waals surface area contributed by atoms with Gasteiger partial charge in [0.05, 0.1) is 20.3 Å². The molecule has 0 saturated carbocycles. The molecule has 2 aromatic heterocycles. The van der Waals surface area contributed by atoms with Gasteiger partial charge in [0.1, 0.15) is 23.7 Å². The first-order chi connectivity index (χ1) is 13.9. The Morgan fingerprint density at radius 3 is 2.79 bits per heavy atom. The summed E-state index contributed by atoms with van der Waals surface area (Å²) in [4.78, 5) is 27.4. The van der Waals surface area contributed by atoms with Crippen LogP contribution in [-0.2, 0) is 4.74 Å². The van der Waals surface area contributed by atoms with E-state index in [-0.39, 0.29) is 29.7 Å². The number of nitrogens with zero attached hydrogens (tertiary/aromatic N) is 4. The SMILES string of the molecule is COc1cc(C(=O)N2CCOC(COc3cc(C)nc(C(C)C)n3)C2)cc(Cl)n1. The van der Waals surface area contributed by atoms with E-state index >= 15 is 0 Å². The van der Waals surface area contributed by atoms with Crippen LogP contribution in [0.1, 0.15) is 41.6 Å². The van der Waals surface area contributed by atoms with Crippen LogP contribution in [0.25, 0.3) is 0 Å². The third-order valence-electron chi connectivity index (χ3n) is 4.43. The number of halogens is 1. The number of hydrogen-bond donors (Lipinski definition) is 0. The highest BCUT2D eigenvalue weighted by Crippen LogP contribution is 2.20. The van der Waals surface area contributed by atoms with Crippen LogP contribution < -0.4 is 9.47 Å². The maximum atomic E-state index is 12.9. The fourth-order valence-corrected chi connectivity index (χ4v) is 3.16. The normalized spacial score (nSPS) is 16.8.